The van der Waals surface area contributed by atoms with Crippen molar-refractivity contribution in [1.29, 1.82) is 0 Å². The van der Waals surface area contributed by atoms with E-state index < -0.39 is 0 Å². The summed E-state index contributed by atoms with van der Waals surface area (Å²) >= 11 is 0. The normalized spacial score (nSPS) is 12.0. The number of aromatic nitrogens is 2. The summed E-state index contributed by atoms with van der Waals surface area (Å²) in [4.78, 5) is 18.2. The van der Waals surface area contributed by atoms with Gasteiger partial charge < -0.3 is 15.5 Å². The van der Waals surface area contributed by atoms with Gasteiger partial charge in [-0.15, -0.1) is 24.0 Å². The summed E-state index contributed by atoms with van der Waals surface area (Å²) in [5.41, 5.74) is 2.01. The number of aliphatic imine (C=N–C) groups is 1. The Bertz CT molecular complexity index is 588. The van der Waals surface area contributed by atoms with Crippen LogP contribution in [0.5, 0.6) is 0 Å². The van der Waals surface area contributed by atoms with Gasteiger partial charge in [0, 0.05) is 45.0 Å². The molecule has 1 aromatic heterocycles. The van der Waals surface area contributed by atoms with Crippen LogP contribution in [0.25, 0.3) is 0 Å². The molecule has 0 aromatic carbocycles. The van der Waals surface area contributed by atoms with Crippen LogP contribution in [0.15, 0.2) is 11.2 Å². The molecule has 0 bridgehead atoms. The van der Waals surface area contributed by atoms with Gasteiger partial charge in [0.15, 0.2) is 5.96 Å². The molecule has 1 aromatic rings. The molecule has 2 N–H and O–H groups in total. The minimum absolute atomic E-state index is 0. The van der Waals surface area contributed by atoms with E-state index in [9.17, 15) is 4.79 Å². The van der Waals surface area contributed by atoms with E-state index in [0.29, 0.717) is 18.4 Å². The molecule has 1 amide bonds. The van der Waals surface area contributed by atoms with E-state index in [1.54, 1.807) is 7.05 Å². The summed E-state index contributed by atoms with van der Waals surface area (Å²) < 4.78 is 1.84. The monoisotopic (exact) mass is 464 g/mol. The van der Waals surface area contributed by atoms with Crippen molar-refractivity contribution in [2.24, 2.45) is 12.0 Å². The number of aryl methyl sites for hydroxylation is 1. The van der Waals surface area contributed by atoms with Crippen LogP contribution in [0.1, 0.15) is 51.8 Å². The fourth-order valence-electron chi connectivity index (χ4n) is 2.50. The minimum atomic E-state index is -0.240. The maximum atomic E-state index is 11.9. The van der Waals surface area contributed by atoms with Gasteiger partial charge in [0.25, 0.3) is 0 Å². The van der Waals surface area contributed by atoms with E-state index in [-0.39, 0.29) is 42.0 Å². The molecule has 7 nitrogen and oxygen atoms in total. The van der Waals surface area contributed by atoms with Crippen molar-refractivity contribution in [2.45, 2.75) is 52.6 Å². The first kappa shape index (κ1) is 23.7. The minimum Gasteiger partial charge on any atom is -0.350 e. The lowest BCUT2D eigenvalue weighted by molar-refractivity contribution is -0.121. The highest BCUT2D eigenvalue weighted by Gasteiger charge is 2.17. The van der Waals surface area contributed by atoms with Crippen molar-refractivity contribution in [3.63, 3.8) is 0 Å². The number of nitrogens with one attached hydrogen (secondary N) is 2. The first-order valence-corrected chi connectivity index (χ1v) is 8.28. The average Bonchev–Trinajstić information content (AvgIpc) is 2.78. The predicted molar refractivity (Wildman–Crippen MR) is 113 cm³/mol. The maximum Gasteiger partial charge on any atom is 0.239 e. The Morgan fingerprint density at radius 1 is 1.40 bits per heavy atom. The number of guanidine groups is 1. The first-order valence-electron chi connectivity index (χ1n) is 8.28. The molecule has 0 aliphatic rings. The molecular formula is C17H33IN6O. The fraction of sp³-hybridized carbons (Fsp3) is 0.706. The fourth-order valence-corrected chi connectivity index (χ4v) is 2.50. The number of halogens is 1. The summed E-state index contributed by atoms with van der Waals surface area (Å²) in [6, 6.07) is 0. The van der Waals surface area contributed by atoms with E-state index in [1.165, 1.54) is 0 Å². The summed E-state index contributed by atoms with van der Waals surface area (Å²) in [7, 11) is 5.60. The molecule has 144 valence electrons. The van der Waals surface area contributed by atoms with E-state index in [0.717, 1.165) is 11.3 Å². The largest absolute Gasteiger partial charge is 0.350 e. The van der Waals surface area contributed by atoms with Crippen LogP contribution >= 0.6 is 24.0 Å². The second kappa shape index (κ2) is 9.98. The number of amides is 1. The Morgan fingerprint density at radius 3 is 2.48 bits per heavy atom. The molecule has 0 saturated carbocycles. The quantitative estimate of drug-likeness (QED) is 0.398. The zero-order valence-corrected chi connectivity index (χ0v) is 19.0. The van der Waals surface area contributed by atoms with Crippen molar-refractivity contribution < 1.29 is 4.79 Å². The van der Waals surface area contributed by atoms with Gasteiger partial charge in [-0.05, 0) is 26.7 Å². The SMILES string of the molecule is CN=C(NCC(=O)NC(C)(C)C)N(C)Cc1cn(C)nc1C(C)C.I. The van der Waals surface area contributed by atoms with E-state index >= 15 is 0 Å². The van der Waals surface area contributed by atoms with Gasteiger partial charge in [0.2, 0.25) is 5.91 Å². The van der Waals surface area contributed by atoms with Crippen molar-refractivity contribution in [3.8, 4) is 0 Å². The third kappa shape index (κ3) is 8.06. The molecule has 1 rings (SSSR count). The molecular weight excluding hydrogens is 431 g/mol. The van der Waals surface area contributed by atoms with Gasteiger partial charge in [0.1, 0.15) is 0 Å². The molecule has 0 aliphatic carbocycles. The second-order valence-corrected chi connectivity index (χ2v) is 7.42. The van der Waals surface area contributed by atoms with Crippen molar-refractivity contribution >= 4 is 35.8 Å². The highest BCUT2D eigenvalue weighted by molar-refractivity contribution is 14.0. The molecule has 0 atom stereocenters. The standard InChI is InChI=1S/C17H32N6O.HI/c1-12(2)15-13(11-23(8)21-15)10-22(7)16(18-6)19-9-14(24)20-17(3,4)5;/h11-12H,9-10H2,1-8H3,(H,18,19)(H,20,24);1H. The number of carbonyl (C=O) groups is 1. The average molecular weight is 464 g/mol. The van der Waals surface area contributed by atoms with Gasteiger partial charge in [0.05, 0.1) is 12.2 Å². The zero-order valence-electron chi connectivity index (χ0n) is 16.7. The van der Waals surface area contributed by atoms with Crippen molar-refractivity contribution in [2.75, 3.05) is 20.6 Å². The Morgan fingerprint density at radius 2 is 2.00 bits per heavy atom. The van der Waals surface area contributed by atoms with Crippen LogP contribution in [0.2, 0.25) is 0 Å². The number of hydrogen-bond acceptors (Lipinski definition) is 3. The maximum absolute atomic E-state index is 11.9. The predicted octanol–water partition coefficient (Wildman–Crippen LogP) is 2.08. The summed E-state index contributed by atoms with van der Waals surface area (Å²) in [6.07, 6.45) is 2.03. The van der Waals surface area contributed by atoms with Crippen LogP contribution in [-0.2, 0) is 18.4 Å². The molecule has 25 heavy (non-hydrogen) atoms. The Kier molecular flexibility index (Phi) is 9.45. The number of rotatable bonds is 5. The van der Waals surface area contributed by atoms with Gasteiger partial charge in [-0.2, -0.15) is 5.10 Å². The third-order valence-electron chi connectivity index (χ3n) is 3.39. The lowest BCUT2D eigenvalue weighted by atomic mass is 10.1. The molecule has 8 heteroatoms. The lowest BCUT2D eigenvalue weighted by Gasteiger charge is -2.24. The van der Waals surface area contributed by atoms with Gasteiger partial charge in [-0.25, -0.2) is 0 Å². The molecule has 0 spiro atoms. The molecule has 0 radical (unpaired) electrons. The number of carbonyl (C=O) groups excluding carboxylic acids is 1. The molecule has 0 fully saturated rings. The summed E-state index contributed by atoms with van der Waals surface area (Å²) in [5, 5.41) is 10.6. The van der Waals surface area contributed by atoms with Crippen molar-refractivity contribution in [3.05, 3.63) is 17.5 Å². The first-order chi connectivity index (χ1) is 11.0. The zero-order chi connectivity index (χ0) is 18.5. The highest BCUT2D eigenvalue weighted by Crippen LogP contribution is 2.18. The van der Waals surface area contributed by atoms with Gasteiger partial charge in [-0.3, -0.25) is 14.5 Å². The molecule has 0 unspecified atom stereocenters. The summed E-state index contributed by atoms with van der Waals surface area (Å²) in [5.74, 6) is 0.987. The lowest BCUT2D eigenvalue weighted by Crippen LogP contribution is -2.48. The van der Waals surface area contributed by atoms with Crippen LogP contribution in [0, 0.1) is 0 Å². The molecule has 1 heterocycles. The Balaban J connectivity index is 0.00000576. The molecule has 0 aliphatic heterocycles. The topological polar surface area (TPSA) is 74.6 Å². The van der Waals surface area contributed by atoms with Gasteiger partial charge >= 0.3 is 0 Å². The van der Waals surface area contributed by atoms with Crippen LogP contribution in [0.3, 0.4) is 0 Å². The smallest absolute Gasteiger partial charge is 0.239 e. The van der Waals surface area contributed by atoms with Crippen LogP contribution in [-0.4, -0.2) is 52.7 Å². The highest BCUT2D eigenvalue weighted by atomic mass is 127. The van der Waals surface area contributed by atoms with E-state index in [4.69, 9.17) is 0 Å². The van der Waals surface area contributed by atoms with E-state index in [1.807, 2.05) is 50.6 Å². The summed E-state index contributed by atoms with van der Waals surface area (Å²) in [6.45, 7) is 11.0. The second-order valence-electron chi connectivity index (χ2n) is 7.42. The van der Waals surface area contributed by atoms with Crippen molar-refractivity contribution in [1.82, 2.24) is 25.3 Å². The van der Waals surface area contributed by atoms with Crippen LogP contribution in [0.4, 0.5) is 0 Å². The Labute approximate surface area is 168 Å². The number of nitrogens with zero attached hydrogens (tertiary/aromatic N) is 4. The third-order valence-corrected chi connectivity index (χ3v) is 3.39. The molecule has 0 saturated heterocycles. The van der Waals surface area contributed by atoms with Gasteiger partial charge in [-0.1, -0.05) is 13.8 Å². The Hall–Kier alpha value is -1.32. The number of hydrogen-bond donors (Lipinski definition) is 2. The van der Waals surface area contributed by atoms with Crippen LogP contribution < -0.4 is 10.6 Å². The van der Waals surface area contributed by atoms with E-state index in [2.05, 4.69) is 34.6 Å².